The SMILES string of the molecule is CC(C)Nc1nc(N)n(-c2ccc([N+](=O)[O-])cc2)n1. The minimum Gasteiger partial charge on any atom is -0.368 e. The second-order valence-corrected chi connectivity index (χ2v) is 4.28. The zero-order valence-corrected chi connectivity index (χ0v) is 10.6. The van der Waals surface area contributed by atoms with Crippen LogP contribution < -0.4 is 11.1 Å². The van der Waals surface area contributed by atoms with E-state index in [1.165, 1.54) is 16.8 Å². The highest BCUT2D eigenvalue weighted by Crippen LogP contribution is 2.18. The topological polar surface area (TPSA) is 112 Å². The molecule has 8 nitrogen and oxygen atoms in total. The Balaban J connectivity index is 2.30. The summed E-state index contributed by atoms with van der Waals surface area (Å²) in [7, 11) is 0. The predicted octanol–water partition coefficient (Wildman–Crippen LogP) is 1.58. The molecule has 8 heteroatoms. The van der Waals surface area contributed by atoms with E-state index in [4.69, 9.17) is 5.73 Å². The molecule has 0 aliphatic heterocycles. The maximum Gasteiger partial charge on any atom is 0.269 e. The van der Waals surface area contributed by atoms with Crippen LogP contribution in [-0.4, -0.2) is 25.7 Å². The molecule has 0 bridgehead atoms. The summed E-state index contributed by atoms with van der Waals surface area (Å²) in [6.07, 6.45) is 0. The minimum atomic E-state index is -0.458. The van der Waals surface area contributed by atoms with Gasteiger partial charge in [0.2, 0.25) is 11.9 Å². The quantitative estimate of drug-likeness (QED) is 0.639. The van der Waals surface area contributed by atoms with Gasteiger partial charge in [0, 0.05) is 18.2 Å². The fourth-order valence-corrected chi connectivity index (χ4v) is 1.55. The van der Waals surface area contributed by atoms with Gasteiger partial charge in [0.1, 0.15) is 0 Å². The number of non-ortho nitro benzene ring substituents is 1. The molecular weight excluding hydrogens is 248 g/mol. The first-order valence-corrected chi connectivity index (χ1v) is 5.71. The number of hydrogen-bond acceptors (Lipinski definition) is 6. The fourth-order valence-electron chi connectivity index (χ4n) is 1.55. The molecule has 1 aromatic heterocycles. The molecule has 3 N–H and O–H groups in total. The van der Waals surface area contributed by atoms with Gasteiger partial charge in [-0.25, -0.2) is 0 Å². The van der Waals surface area contributed by atoms with E-state index in [9.17, 15) is 10.1 Å². The number of nitro benzene ring substituents is 1. The van der Waals surface area contributed by atoms with Crippen molar-refractivity contribution in [3.63, 3.8) is 0 Å². The van der Waals surface area contributed by atoms with Crippen LogP contribution in [0.15, 0.2) is 24.3 Å². The van der Waals surface area contributed by atoms with Crippen LogP contribution in [0.3, 0.4) is 0 Å². The van der Waals surface area contributed by atoms with Gasteiger partial charge < -0.3 is 11.1 Å². The van der Waals surface area contributed by atoms with Crippen molar-refractivity contribution < 1.29 is 4.92 Å². The molecule has 0 aliphatic carbocycles. The molecule has 0 aliphatic rings. The normalized spacial score (nSPS) is 10.7. The van der Waals surface area contributed by atoms with Gasteiger partial charge in [-0.1, -0.05) is 0 Å². The van der Waals surface area contributed by atoms with Crippen molar-refractivity contribution >= 4 is 17.6 Å². The number of nitrogens with two attached hydrogens (primary N) is 1. The number of nitrogen functional groups attached to an aromatic ring is 1. The lowest BCUT2D eigenvalue weighted by Crippen LogP contribution is -2.11. The third kappa shape index (κ3) is 2.79. The van der Waals surface area contributed by atoms with Crippen molar-refractivity contribution in [1.82, 2.24) is 14.8 Å². The summed E-state index contributed by atoms with van der Waals surface area (Å²) in [6.45, 7) is 3.92. The van der Waals surface area contributed by atoms with E-state index in [1.807, 2.05) is 13.8 Å². The zero-order valence-electron chi connectivity index (χ0n) is 10.6. The van der Waals surface area contributed by atoms with Gasteiger partial charge in [-0.3, -0.25) is 10.1 Å². The minimum absolute atomic E-state index is 0.0166. The standard InChI is InChI=1S/C11H14N6O2/c1-7(2)13-11-14-10(12)16(15-11)8-3-5-9(6-4-8)17(18)19/h3-7H,1-2H3,(H3,12,13,14,15). The lowest BCUT2D eigenvalue weighted by Gasteiger charge is -2.04. The van der Waals surface area contributed by atoms with Gasteiger partial charge in [-0.05, 0) is 26.0 Å². The molecule has 0 radical (unpaired) electrons. The van der Waals surface area contributed by atoms with Crippen molar-refractivity contribution in [2.75, 3.05) is 11.1 Å². The highest BCUT2D eigenvalue weighted by molar-refractivity contribution is 5.45. The van der Waals surface area contributed by atoms with Crippen LogP contribution >= 0.6 is 0 Å². The molecule has 0 fully saturated rings. The summed E-state index contributed by atoms with van der Waals surface area (Å²) >= 11 is 0. The number of hydrogen-bond donors (Lipinski definition) is 2. The zero-order chi connectivity index (χ0) is 14.0. The first-order chi connectivity index (χ1) is 8.97. The van der Waals surface area contributed by atoms with E-state index in [1.54, 1.807) is 12.1 Å². The van der Waals surface area contributed by atoms with Gasteiger partial charge in [0.05, 0.1) is 10.6 Å². The van der Waals surface area contributed by atoms with Gasteiger partial charge in [-0.15, -0.1) is 5.10 Å². The van der Waals surface area contributed by atoms with Crippen molar-refractivity contribution in [3.8, 4) is 5.69 Å². The van der Waals surface area contributed by atoms with E-state index < -0.39 is 4.92 Å². The molecule has 2 rings (SSSR count). The molecule has 100 valence electrons. The molecule has 19 heavy (non-hydrogen) atoms. The molecule has 0 spiro atoms. The molecule has 1 aromatic carbocycles. The third-order valence-electron chi connectivity index (χ3n) is 2.36. The Kier molecular flexibility index (Phi) is 3.32. The lowest BCUT2D eigenvalue weighted by atomic mass is 10.3. The van der Waals surface area contributed by atoms with Crippen LogP contribution in [0.4, 0.5) is 17.6 Å². The molecule has 1 heterocycles. The molecule has 0 unspecified atom stereocenters. The van der Waals surface area contributed by atoms with Crippen LogP contribution in [-0.2, 0) is 0 Å². The van der Waals surface area contributed by atoms with Crippen LogP contribution in [0.25, 0.3) is 5.69 Å². The van der Waals surface area contributed by atoms with Gasteiger partial charge in [0.25, 0.3) is 5.69 Å². The molecular formula is C11H14N6O2. The highest BCUT2D eigenvalue weighted by atomic mass is 16.6. The first-order valence-electron chi connectivity index (χ1n) is 5.71. The van der Waals surface area contributed by atoms with E-state index in [2.05, 4.69) is 15.4 Å². The third-order valence-corrected chi connectivity index (χ3v) is 2.36. The summed E-state index contributed by atoms with van der Waals surface area (Å²) < 4.78 is 1.43. The number of aromatic nitrogens is 3. The predicted molar refractivity (Wildman–Crippen MR) is 71.2 cm³/mol. The van der Waals surface area contributed by atoms with Crippen molar-refractivity contribution in [2.24, 2.45) is 0 Å². The summed E-state index contributed by atoms with van der Waals surface area (Å²) in [6, 6.07) is 6.12. The van der Waals surface area contributed by atoms with E-state index in [-0.39, 0.29) is 17.7 Å². The Morgan fingerprint density at radius 2 is 2.00 bits per heavy atom. The van der Waals surface area contributed by atoms with Crippen molar-refractivity contribution in [2.45, 2.75) is 19.9 Å². The number of benzene rings is 1. The van der Waals surface area contributed by atoms with E-state index in [0.717, 1.165) is 0 Å². The van der Waals surface area contributed by atoms with E-state index >= 15 is 0 Å². The molecule has 0 atom stereocenters. The Bertz CT molecular complexity index is 590. The maximum absolute atomic E-state index is 10.6. The monoisotopic (exact) mass is 262 g/mol. The van der Waals surface area contributed by atoms with Crippen molar-refractivity contribution in [3.05, 3.63) is 34.4 Å². The van der Waals surface area contributed by atoms with Crippen LogP contribution in [0.2, 0.25) is 0 Å². The molecule has 0 amide bonds. The number of anilines is 2. The number of nitrogens with zero attached hydrogens (tertiary/aromatic N) is 4. The number of nitro groups is 1. The summed E-state index contributed by atoms with van der Waals surface area (Å²) in [4.78, 5) is 14.2. The van der Waals surface area contributed by atoms with Crippen molar-refractivity contribution in [1.29, 1.82) is 0 Å². The second kappa shape index (κ2) is 4.92. The Hall–Kier alpha value is -2.64. The van der Waals surface area contributed by atoms with Crippen LogP contribution in [0, 0.1) is 10.1 Å². The summed E-state index contributed by atoms with van der Waals surface area (Å²) in [5.74, 6) is 0.642. The highest BCUT2D eigenvalue weighted by Gasteiger charge is 2.11. The molecule has 0 saturated carbocycles. The van der Waals surface area contributed by atoms with E-state index in [0.29, 0.717) is 11.6 Å². The van der Waals surface area contributed by atoms with Crippen LogP contribution in [0.1, 0.15) is 13.8 Å². The Morgan fingerprint density at radius 3 is 2.53 bits per heavy atom. The Morgan fingerprint density at radius 1 is 1.37 bits per heavy atom. The smallest absolute Gasteiger partial charge is 0.269 e. The summed E-state index contributed by atoms with van der Waals surface area (Å²) in [5.41, 5.74) is 6.40. The lowest BCUT2D eigenvalue weighted by molar-refractivity contribution is -0.384. The van der Waals surface area contributed by atoms with Crippen LogP contribution in [0.5, 0.6) is 0 Å². The van der Waals surface area contributed by atoms with Gasteiger partial charge in [-0.2, -0.15) is 9.67 Å². The summed E-state index contributed by atoms with van der Waals surface area (Å²) in [5, 5.41) is 17.8. The second-order valence-electron chi connectivity index (χ2n) is 4.28. The fraction of sp³-hybridized carbons (Fsp3) is 0.273. The number of nitrogens with one attached hydrogen (secondary N) is 1. The maximum atomic E-state index is 10.6. The molecule has 0 saturated heterocycles. The van der Waals surface area contributed by atoms with Gasteiger partial charge >= 0.3 is 0 Å². The largest absolute Gasteiger partial charge is 0.368 e. The first kappa shape index (κ1) is 12.8. The average molecular weight is 262 g/mol. The average Bonchev–Trinajstić information content (AvgIpc) is 2.69. The molecule has 2 aromatic rings. The Labute approximate surface area is 109 Å². The van der Waals surface area contributed by atoms with Gasteiger partial charge in [0.15, 0.2) is 0 Å². The number of rotatable bonds is 4.